The van der Waals surface area contributed by atoms with Gasteiger partial charge in [0, 0.05) is 6.04 Å². The van der Waals surface area contributed by atoms with Gasteiger partial charge < -0.3 is 10.4 Å². The van der Waals surface area contributed by atoms with E-state index in [0.29, 0.717) is 6.04 Å². The standard InChI is InChI=1S/C14H27NO2/c1-4-5-6-13(14(16)17)15-12-8-10(2)7-11(3)9-12/h10-13,15H,4-9H2,1-3H3,(H,16,17). The van der Waals surface area contributed by atoms with Crippen molar-refractivity contribution in [3.63, 3.8) is 0 Å². The van der Waals surface area contributed by atoms with E-state index in [9.17, 15) is 9.90 Å². The Hall–Kier alpha value is -0.570. The fourth-order valence-electron chi connectivity index (χ4n) is 3.05. The molecule has 0 aliphatic heterocycles. The second-order valence-corrected chi connectivity index (χ2v) is 5.81. The van der Waals surface area contributed by atoms with Crippen molar-refractivity contribution >= 4 is 5.97 Å². The zero-order valence-corrected chi connectivity index (χ0v) is 11.4. The number of carboxylic acid groups (broad SMARTS) is 1. The van der Waals surface area contributed by atoms with Gasteiger partial charge in [0.1, 0.15) is 6.04 Å². The average Bonchev–Trinajstić information content (AvgIpc) is 2.22. The van der Waals surface area contributed by atoms with Crippen molar-refractivity contribution in [2.75, 3.05) is 0 Å². The number of rotatable bonds is 6. The molecule has 3 heteroatoms. The predicted molar refractivity (Wildman–Crippen MR) is 70.1 cm³/mol. The van der Waals surface area contributed by atoms with Gasteiger partial charge in [-0.2, -0.15) is 0 Å². The highest BCUT2D eigenvalue weighted by atomic mass is 16.4. The number of carbonyl (C=O) groups is 1. The molecule has 1 saturated carbocycles. The van der Waals surface area contributed by atoms with Crippen molar-refractivity contribution in [3.05, 3.63) is 0 Å². The molecule has 0 saturated heterocycles. The minimum atomic E-state index is -0.690. The van der Waals surface area contributed by atoms with E-state index in [-0.39, 0.29) is 6.04 Å². The fraction of sp³-hybridized carbons (Fsp3) is 0.929. The highest BCUT2D eigenvalue weighted by Crippen LogP contribution is 2.28. The lowest BCUT2D eigenvalue weighted by Gasteiger charge is -2.33. The molecule has 0 aromatic carbocycles. The lowest BCUT2D eigenvalue weighted by Crippen LogP contribution is -2.46. The summed E-state index contributed by atoms with van der Waals surface area (Å²) in [7, 11) is 0. The van der Waals surface area contributed by atoms with Crippen LogP contribution in [-0.2, 0) is 4.79 Å². The second-order valence-electron chi connectivity index (χ2n) is 5.81. The number of nitrogens with one attached hydrogen (secondary N) is 1. The van der Waals surface area contributed by atoms with E-state index in [4.69, 9.17) is 0 Å². The number of hydrogen-bond acceptors (Lipinski definition) is 2. The summed E-state index contributed by atoms with van der Waals surface area (Å²) in [4.78, 5) is 11.2. The summed E-state index contributed by atoms with van der Waals surface area (Å²) in [6.07, 6.45) is 6.33. The molecule has 2 N–H and O–H groups in total. The van der Waals surface area contributed by atoms with Crippen LogP contribution >= 0.6 is 0 Å². The Morgan fingerprint density at radius 1 is 1.29 bits per heavy atom. The van der Waals surface area contributed by atoms with Crippen molar-refractivity contribution < 1.29 is 9.90 Å². The van der Waals surface area contributed by atoms with E-state index >= 15 is 0 Å². The van der Waals surface area contributed by atoms with Gasteiger partial charge in [0.05, 0.1) is 0 Å². The highest BCUT2D eigenvalue weighted by molar-refractivity contribution is 5.73. The van der Waals surface area contributed by atoms with Crippen LogP contribution in [0.15, 0.2) is 0 Å². The molecule has 17 heavy (non-hydrogen) atoms. The Morgan fingerprint density at radius 3 is 2.35 bits per heavy atom. The largest absolute Gasteiger partial charge is 0.480 e. The number of carboxylic acids is 1. The Morgan fingerprint density at radius 2 is 1.88 bits per heavy atom. The fourth-order valence-corrected chi connectivity index (χ4v) is 3.05. The van der Waals surface area contributed by atoms with Crippen LogP contribution in [0, 0.1) is 11.8 Å². The molecule has 1 aliphatic rings. The molecular formula is C14H27NO2. The van der Waals surface area contributed by atoms with Gasteiger partial charge in [-0.25, -0.2) is 0 Å². The molecule has 0 aromatic heterocycles. The Bertz CT molecular complexity index is 232. The molecule has 1 rings (SSSR count). The van der Waals surface area contributed by atoms with Gasteiger partial charge in [-0.05, 0) is 37.5 Å². The highest BCUT2D eigenvalue weighted by Gasteiger charge is 2.27. The van der Waals surface area contributed by atoms with Gasteiger partial charge in [-0.3, -0.25) is 4.79 Å². The van der Waals surface area contributed by atoms with E-state index in [1.54, 1.807) is 0 Å². The van der Waals surface area contributed by atoms with E-state index < -0.39 is 5.97 Å². The molecule has 0 aromatic rings. The lowest BCUT2D eigenvalue weighted by molar-refractivity contribution is -0.140. The summed E-state index contributed by atoms with van der Waals surface area (Å²) in [5.41, 5.74) is 0. The van der Waals surface area contributed by atoms with Crippen molar-refractivity contribution in [2.45, 2.75) is 71.4 Å². The number of hydrogen-bond donors (Lipinski definition) is 2. The predicted octanol–water partition coefficient (Wildman–Crippen LogP) is 3.04. The molecule has 3 nitrogen and oxygen atoms in total. The Kier molecular flexibility index (Phi) is 5.96. The first-order valence-electron chi connectivity index (χ1n) is 7.01. The number of aliphatic carboxylic acids is 1. The minimum Gasteiger partial charge on any atom is -0.480 e. The lowest BCUT2D eigenvalue weighted by atomic mass is 9.80. The Balaban J connectivity index is 2.45. The van der Waals surface area contributed by atoms with Crippen LogP contribution in [0.25, 0.3) is 0 Å². The van der Waals surface area contributed by atoms with Crippen LogP contribution in [0.4, 0.5) is 0 Å². The SMILES string of the molecule is CCCCC(NC1CC(C)CC(C)C1)C(=O)O. The first kappa shape index (κ1) is 14.5. The molecule has 0 amide bonds. The molecule has 1 aliphatic carbocycles. The summed E-state index contributed by atoms with van der Waals surface area (Å²) in [5.74, 6) is 0.748. The van der Waals surface area contributed by atoms with Gasteiger partial charge in [-0.15, -0.1) is 0 Å². The molecule has 0 spiro atoms. The maximum atomic E-state index is 11.2. The molecule has 3 atom stereocenters. The van der Waals surface area contributed by atoms with Crippen molar-refractivity contribution in [1.82, 2.24) is 5.32 Å². The average molecular weight is 241 g/mol. The van der Waals surface area contributed by atoms with Crippen LogP contribution < -0.4 is 5.32 Å². The van der Waals surface area contributed by atoms with Gasteiger partial charge in [0.25, 0.3) is 0 Å². The van der Waals surface area contributed by atoms with Gasteiger partial charge in [-0.1, -0.05) is 33.6 Å². The number of unbranched alkanes of at least 4 members (excludes halogenated alkanes) is 1. The van der Waals surface area contributed by atoms with Crippen LogP contribution in [0.3, 0.4) is 0 Å². The maximum absolute atomic E-state index is 11.2. The zero-order chi connectivity index (χ0) is 12.8. The normalized spacial score (nSPS) is 31.1. The van der Waals surface area contributed by atoms with E-state index in [0.717, 1.165) is 43.9 Å². The van der Waals surface area contributed by atoms with Gasteiger partial charge in [0.2, 0.25) is 0 Å². The quantitative estimate of drug-likeness (QED) is 0.751. The summed E-state index contributed by atoms with van der Waals surface area (Å²) in [6.45, 7) is 6.64. The third-order valence-corrected chi connectivity index (χ3v) is 3.76. The summed E-state index contributed by atoms with van der Waals surface area (Å²) in [6, 6.07) is 0.0455. The topological polar surface area (TPSA) is 49.3 Å². The first-order chi connectivity index (χ1) is 8.02. The van der Waals surface area contributed by atoms with Crippen LogP contribution in [0.2, 0.25) is 0 Å². The van der Waals surface area contributed by atoms with Crippen molar-refractivity contribution in [2.24, 2.45) is 11.8 Å². The Labute approximate surface area is 105 Å². The van der Waals surface area contributed by atoms with E-state index in [1.165, 1.54) is 6.42 Å². The van der Waals surface area contributed by atoms with Gasteiger partial charge in [0.15, 0.2) is 0 Å². The molecule has 3 unspecified atom stereocenters. The summed E-state index contributed by atoms with van der Waals surface area (Å²) in [5, 5.41) is 12.6. The monoisotopic (exact) mass is 241 g/mol. The van der Waals surface area contributed by atoms with E-state index in [2.05, 4.69) is 26.1 Å². The first-order valence-corrected chi connectivity index (χ1v) is 7.01. The molecule has 0 heterocycles. The molecular weight excluding hydrogens is 214 g/mol. The smallest absolute Gasteiger partial charge is 0.320 e. The second kappa shape index (κ2) is 7.00. The molecule has 1 fully saturated rings. The van der Waals surface area contributed by atoms with Gasteiger partial charge >= 0.3 is 5.97 Å². The molecule has 0 bridgehead atoms. The van der Waals surface area contributed by atoms with Crippen molar-refractivity contribution in [1.29, 1.82) is 0 Å². The minimum absolute atomic E-state index is 0.350. The summed E-state index contributed by atoms with van der Waals surface area (Å²) < 4.78 is 0. The van der Waals surface area contributed by atoms with Crippen LogP contribution in [0.5, 0.6) is 0 Å². The van der Waals surface area contributed by atoms with E-state index in [1.807, 2.05) is 0 Å². The summed E-state index contributed by atoms with van der Waals surface area (Å²) >= 11 is 0. The van der Waals surface area contributed by atoms with Crippen LogP contribution in [-0.4, -0.2) is 23.2 Å². The molecule has 100 valence electrons. The third-order valence-electron chi connectivity index (χ3n) is 3.76. The van der Waals surface area contributed by atoms with Crippen molar-refractivity contribution in [3.8, 4) is 0 Å². The molecule has 0 radical (unpaired) electrons. The maximum Gasteiger partial charge on any atom is 0.320 e. The zero-order valence-electron chi connectivity index (χ0n) is 11.4. The third kappa shape index (κ3) is 5.07. The van der Waals surface area contributed by atoms with Crippen LogP contribution in [0.1, 0.15) is 59.3 Å².